The van der Waals surface area contributed by atoms with Crippen molar-refractivity contribution >= 4 is 11.8 Å². The fourth-order valence-electron chi connectivity index (χ4n) is 2.23. The van der Waals surface area contributed by atoms with Gasteiger partial charge in [0.05, 0.1) is 6.61 Å². The molecule has 0 radical (unpaired) electrons. The third-order valence-corrected chi connectivity index (χ3v) is 3.07. The van der Waals surface area contributed by atoms with Gasteiger partial charge >= 0.3 is 6.36 Å². The van der Waals surface area contributed by atoms with Crippen LogP contribution in [0.1, 0.15) is 27.7 Å². The van der Waals surface area contributed by atoms with Gasteiger partial charge in [-0.2, -0.15) is 0 Å². The largest absolute Gasteiger partial charge is 0.522 e. The second-order valence-corrected chi connectivity index (χ2v) is 5.60. The first kappa shape index (κ1) is 16.7. The van der Waals surface area contributed by atoms with Crippen LogP contribution < -0.4 is 5.32 Å². The molecule has 0 aliphatic carbocycles. The highest BCUT2D eigenvalue weighted by molar-refractivity contribution is 5.99. The molecule has 20 heavy (non-hydrogen) atoms. The van der Waals surface area contributed by atoms with Crippen molar-refractivity contribution in [2.45, 2.75) is 45.6 Å². The van der Waals surface area contributed by atoms with Gasteiger partial charge in [0.25, 0.3) is 0 Å². The first-order valence-electron chi connectivity index (χ1n) is 6.29. The topological polar surface area (TPSA) is 58.6 Å². The molecule has 1 aliphatic rings. The highest BCUT2D eigenvalue weighted by Crippen LogP contribution is 2.23. The summed E-state index contributed by atoms with van der Waals surface area (Å²) in [6.07, 6.45) is -4.75. The molecule has 1 atom stereocenters. The minimum absolute atomic E-state index is 0.207. The molecule has 0 spiro atoms. The molecule has 1 saturated heterocycles. The standard InChI is InChI=1S/C12H19F3N2O3/c1-7(2)8-9(18)16-11(3,4)10(19)17(8)5-6-20-12(13,14)15/h7-8H,5-6H2,1-4H3,(H,16,18). The number of hydrogen-bond acceptors (Lipinski definition) is 3. The summed E-state index contributed by atoms with van der Waals surface area (Å²) in [5.41, 5.74) is -1.12. The number of nitrogens with one attached hydrogen (secondary N) is 1. The molecular weight excluding hydrogens is 277 g/mol. The van der Waals surface area contributed by atoms with E-state index in [9.17, 15) is 22.8 Å². The average molecular weight is 296 g/mol. The molecule has 0 aromatic heterocycles. The Balaban J connectivity index is 2.84. The van der Waals surface area contributed by atoms with Crippen molar-refractivity contribution in [3.8, 4) is 0 Å². The molecule has 1 aliphatic heterocycles. The van der Waals surface area contributed by atoms with Gasteiger partial charge in [0.15, 0.2) is 0 Å². The number of carbonyl (C=O) groups excluding carboxylic acids is 2. The second kappa shape index (κ2) is 5.59. The zero-order chi connectivity index (χ0) is 15.7. The van der Waals surface area contributed by atoms with Crippen LogP contribution in [-0.2, 0) is 14.3 Å². The number of nitrogens with zero attached hydrogens (tertiary/aromatic N) is 1. The number of carbonyl (C=O) groups is 2. The summed E-state index contributed by atoms with van der Waals surface area (Å²) < 4.78 is 39.6. The van der Waals surface area contributed by atoms with E-state index < -0.39 is 30.5 Å². The van der Waals surface area contributed by atoms with Gasteiger partial charge in [0.2, 0.25) is 11.8 Å². The minimum atomic E-state index is -4.75. The Hall–Kier alpha value is -1.31. The molecule has 1 N–H and O–H groups in total. The number of ether oxygens (including phenoxy) is 1. The molecule has 2 amide bonds. The zero-order valence-electron chi connectivity index (χ0n) is 11.9. The van der Waals surface area contributed by atoms with Crippen molar-refractivity contribution in [1.82, 2.24) is 10.2 Å². The summed E-state index contributed by atoms with van der Waals surface area (Å²) in [4.78, 5) is 25.4. The SMILES string of the molecule is CC(C)C1C(=O)NC(C)(C)C(=O)N1CCOC(F)(F)F. The third-order valence-electron chi connectivity index (χ3n) is 3.07. The van der Waals surface area contributed by atoms with Gasteiger partial charge in [0.1, 0.15) is 11.6 Å². The highest BCUT2D eigenvalue weighted by Gasteiger charge is 2.46. The summed E-state index contributed by atoms with van der Waals surface area (Å²) >= 11 is 0. The number of rotatable bonds is 4. The van der Waals surface area contributed by atoms with Crippen LogP contribution in [0.3, 0.4) is 0 Å². The lowest BCUT2D eigenvalue weighted by atomic mass is 9.91. The fourth-order valence-corrected chi connectivity index (χ4v) is 2.23. The predicted molar refractivity (Wildman–Crippen MR) is 64.6 cm³/mol. The normalized spacial score (nSPS) is 23.2. The van der Waals surface area contributed by atoms with E-state index in [0.29, 0.717) is 0 Å². The van der Waals surface area contributed by atoms with Crippen LogP contribution in [0.15, 0.2) is 0 Å². The summed E-state index contributed by atoms with van der Waals surface area (Å²) in [6, 6.07) is -0.785. The lowest BCUT2D eigenvalue weighted by Crippen LogP contribution is -2.69. The van der Waals surface area contributed by atoms with E-state index in [1.165, 1.54) is 13.8 Å². The Morgan fingerprint density at radius 2 is 1.90 bits per heavy atom. The molecule has 0 aromatic rings. The molecule has 0 bridgehead atoms. The maximum absolute atomic E-state index is 12.2. The van der Waals surface area contributed by atoms with Crippen LogP contribution in [0.25, 0.3) is 0 Å². The number of amides is 2. The molecule has 1 heterocycles. The van der Waals surface area contributed by atoms with Crippen LogP contribution in [0.2, 0.25) is 0 Å². The molecule has 116 valence electrons. The predicted octanol–water partition coefficient (Wildman–Crippen LogP) is 1.28. The van der Waals surface area contributed by atoms with Crippen molar-refractivity contribution in [3.63, 3.8) is 0 Å². The highest BCUT2D eigenvalue weighted by atomic mass is 19.4. The molecule has 1 unspecified atom stereocenters. The molecule has 1 rings (SSSR count). The molecule has 8 heteroatoms. The van der Waals surface area contributed by atoms with E-state index >= 15 is 0 Å². The van der Waals surface area contributed by atoms with E-state index in [-0.39, 0.29) is 18.4 Å². The van der Waals surface area contributed by atoms with E-state index in [1.54, 1.807) is 13.8 Å². The maximum atomic E-state index is 12.2. The summed E-state index contributed by atoms with van der Waals surface area (Å²) in [5, 5.41) is 2.58. The van der Waals surface area contributed by atoms with E-state index in [1.807, 2.05) is 0 Å². The van der Waals surface area contributed by atoms with Crippen molar-refractivity contribution < 1.29 is 27.5 Å². The quantitative estimate of drug-likeness (QED) is 0.850. The molecule has 0 saturated carbocycles. The summed E-state index contributed by atoms with van der Waals surface area (Å²) in [7, 11) is 0. The van der Waals surface area contributed by atoms with Crippen molar-refractivity contribution in [2.24, 2.45) is 5.92 Å². The Bertz CT molecular complexity index is 394. The van der Waals surface area contributed by atoms with Crippen LogP contribution in [0, 0.1) is 5.92 Å². The van der Waals surface area contributed by atoms with Crippen LogP contribution in [0.4, 0.5) is 13.2 Å². The number of hydrogen-bond donors (Lipinski definition) is 1. The van der Waals surface area contributed by atoms with E-state index in [2.05, 4.69) is 10.1 Å². The van der Waals surface area contributed by atoms with Crippen molar-refractivity contribution in [3.05, 3.63) is 0 Å². The average Bonchev–Trinajstić information content (AvgIpc) is 2.21. The first-order valence-corrected chi connectivity index (χ1v) is 6.29. The van der Waals surface area contributed by atoms with E-state index in [4.69, 9.17) is 0 Å². The van der Waals surface area contributed by atoms with E-state index in [0.717, 1.165) is 4.90 Å². The lowest BCUT2D eigenvalue weighted by Gasteiger charge is -2.44. The molecule has 5 nitrogen and oxygen atoms in total. The number of halogens is 3. The van der Waals surface area contributed by atoms with Gasteiger partial charge in [-0.3, -0.25) is 14.3 Å². The van der Waals surface area contributed by atoms with Gasteiger partial charge in [-0.15, -0.1) is 13.2 Å². The number of alkyl halides is 3. The maximum Gasteiger partial charge on any atom is 0.522 e. The van der Waals surface area contributed by atoms with Gasteiger partial charge < -0.3 is 10.2 Å². The van der Waals surface area contributed by atoms with Crippen LogP contribution in [0.5, 0.6) is 0 Å². The van der Waals surface area contributed by atoms with Gasteiger partial charge in [-0.1, -0.05) is 13.8 Å². The Morgan fingerprint density at radius 1 is 1.35 bits per heavy atom. The van der Waals surface area contributed by atoms with Gasteiger partial charge in [-0.25, -0.2) is 0 Å². The summed E-state index contributed by atoms with van der Waals surface area (Å²) in [5.74, 6) is -0.987. The number of piperazine rings is 1. The first-order chi connectivity index (χ1) is 8.96. The Kier molecular flexibility index (Phi) is 4.68. The Labute approximate surface area is 115 Å². The van der Waals surface area contributed by atoms with Crippen LogP contribution in [-0.4, -0.2) is 47.8 Å². The zero-order valence-corrected chi connectivity index (χ0v) is 11.9. The molecule has 0 aromatic carbocycles. The van der Waals surface area contributed by atoms with Crippen LogP contribution >= 0.6 is 0 Å². The van der Waals surface area contributed by atoms with Gasteiger partial charge in [0, 0.05) is 6.54 Å². The Morgan fingerprint density at radius 3 is 2.35 bits per heavy atom. The monoisotopic (exact) mass is 296 g/mol. The lowest BCUT2D eigenvalue weighted by molar-refractivity contribution is -0.325. The van der Waals surface area contributed by atoms with Crippen molar-refractivity contribution in [1.29, 1.82) is 0 Å². The second-order valence-electron chi connectivity index (χ2n) is 5.60. The fraction of sp³-hybridized carbons (Fsp3) is 0.833. The van der Waals surface area contributed by atoms with Gasteiger partial charge in [-0.05, 0) is 19.8 Å². The molecule has 1 fully saturated rings. The third kappa shape index (κ3) is 3.84. The smallest absolute Gasteiger partial charge is 0.340 e. The molecular formula is C12H19F3N2O3. The minimum Gasteiger partial charge on any atom is -0.340 e. The summed E-state index contributed by atoms with van der Waals surface area (Å²) in [6.45, 7) is 5.52. The van der Waals surface area contributed by atoms with Crippen molar-refractivity contribution in [2.75, 3.05) is 13.2 Å².